The zero-order valence-corrected chi connectivity index (χ0v) is 24.6. The molecule has 2 heterocycles. The quantitative estimate of drug-likeness (QED) is 0.344. The highest BCUT2D eigenvalue weighted by Gasteiger charge is 2.44. The molecule has 3 fully saturated rings. The van der Waals surface area contributed by atoms with Crippen molar-refractivity contribution >= 4 is 46.4 Å². The van der Waals surface area contributed by atoms with Gasteiger partial charge in [-0.3, -0.25) is 19.4 Å². The smallest absolute Gasteiger partial charge is 0.234 e. The molecule has 1 aliphatic carbocycles. The van der Waals surface area contributed by atoms with Crippen molar-refractivity contribution < 1.29 is 14.3 Å². The van der Waals surface area contributed by atoms with Crippen molar-refractivity contribution in [2.45, 2.75) is 38.3 Å². The second-order valence-corrected chi connectivity index (χ2v) is 11.7. The van der Waals surface area contributed by atoms with Gasteiger partial charge in [-0.25, -0.2) is 0 Å². The molecule has 2 amide bonds. The Morgan fingerprint density at radius 1 is 1.07 bits per heavy atom. The number of carbonyl (C=O) groups excluding carboxylic acids is 2. The Hall–Kier alpha value is -2.88. The Labute approximate surface area is 247 Å². The predicted molar refractivity (Wildman–Crippen MR) is 162 cm³/mol. The zero-order valence-electron chi connectivity index (χ0n) is 23.0. The summed E-state index contributed by atoms with van der Waals surface area (Å²) in [5.41, 5.74) is 2.21. The summed E-state index contributed by atoms with van der Waals surface area (Å²) in [6.45, 7) is 6.08. The highest BCUT2D eigenvalue weighted by atomic mass is 35.5. The number of hydrogen-bond acceptors (Lipinski definition) is 6. The molecule has 8 nitrogen and oxygen atoms in total. The van der Waals surface area contributed by atoms with E-state index in [-0.39, 0.29) is 29.7 Å². The summed E-state index contributed by atoms with van der Waals surface area (Å²) in [6.07, 6.45) is 2.96. The van der Waals surface area contributed by atoms with E-state index in [2.05, 4.69) is 32.6 Å². The first-order valence-corrected chi connectivity index (χ1v) is 15.0. The molecular formula is C30H38ClN5O3S. The molecule has 40 heavy (non-hydrogen) atoms. The van der Waals surface area contributed by atoms with Crippen molar-refractivity contribution in [1.82, 2.24) is 20.4 Å². The Balaban J connectivity index is 1.01. The van der Waals surface area contributed by atoms with Crippen LogP contribution in [0.3, 0.4) is 0 Å². The minimum atomic E-state index is -0.153. The molecule has 0 radical (unpaired) electrons. The lowest BCUT2D eigenvalue weighted by Gasteiger charge is -2.43. The average Bonchev–Trinajstić information content (AvgIpc) is 2.98. The molecule has 0 bridgehead atoms. The van der Waals surface area contributed by atoms with Crippen LogP contribution < -0.4 is 20.3 Å². The maximum absolute atomic E-state index is 13.3. The van der Waals surface area contributed by atoms with Crippen LogP contribution in [0.2, 0.25) is 5.02 Å². The fourth-order valence-corrected chi connectivity index (χ4v) is 6.44. The van der Waals surface area contributed by atoms with E-state index < -0.39 is 0 Å². The molecule has 2 aromatic carbocycles. The van der Waals surface area contributed by atoms with Crippen molar-refractivity contribution in [1.29, 1.82) is 0 Å². The van der Waals surface area contributed by atoms with Crippen molar-refractivity contribution in [3.8, 4) is 5.75 Å². The molecule has 2 aromatic rings. The summed E-state index contributed by atoms with van der Waals surface area (Å²) in [5, 5.41) is 7.61. The number of piperazine rings is 1. The minimum absolute atomic E-state index is 0.0506. The lowest BCUT2D eigenvalue weighted by molar-refractivity contribution is -0.138. The van der Waals surface area contributed by atoms with Gasteiger partial charge in [-0.1, -0.05) is 23.7 Å². The van der Waals surface area contributed by atoms with Crippen LogP contribution in [0.1, 0.15) is 31.2 Å². The second kappa shape index (κ2) is 13.2. The molecule has 10 heteroatoms. The molecule has 214 valence electrons. The molecule has 2 saturated heterocycles. The van der Waals surface area contributed by atoms with E-state index in [9.17, 15) is 9.59 Å². The molecule has 1 saturated carbocycles. The number of methoxy groups -OCH3 is 1. The van der Waals surface area contributed by atoms with Gasteiger partial charge in [-0.15, -0.1) is 0 Å². The molecule has 3 unspecified atom stereocenters. The number of ether oxygens (including phenoxy) is 1. The number of anilines is 1. The van der Waals surface area contributed by atoms with Crippen LogP contribution in [0, 0.1) is 11.8 Å². The van der Waals surface area contributed by atoms with E-state index in [1.165, 1.54) is 5.69 Å². The van der Waals surface area contributed by atoms with Gasteiger partial charge >= 0.3 is 0 Å². The molecule has 5 rings (SSSR count). The normalized spacial score (nSPS) is 23.4. The lowest BCUT2D eigenvalue weighted by Crippen LogP contribution is -2.61. The van der Waals surface area contributed by atoms with Gasteiger partial charge in [0.2, 0.25) is 11.8 Å². The standard InChI is InChI=1S/C30H38ClN5O3S/c1-39-25-10-8-24(9-11-25)35-17-15-34(16-18-35)14-2-13-32-28(37)22-5-12-26-27(19-22)33-30(40)36(29(26)38)20-21-3-6-23(31)7-4-21/h3-4,6-11,22,26-27H,2,5,12-20H2,1H3,(H,32,37)(H,33,40). The Morgan fingerprint density at radius 3 is 2.50 bits per heavy atom. The summed E-state index contributed by atoms with van der Waals surface area (Å²) in [4.78, 5) is 32.7. The molecule has 3 atom stereocenters. The minimum Gasteiger partial charge on any atom is -0.497 e. The van der Waals surface area contributed by atoms with E-state index in [4.69, 9.17) is 28.6 Å². The number of hydrogen-bond donors (Lipinski definition) is 2. The Bertz CT molecular complexity index is 1190. The summed E-state index contributed by atoms with van der Waals surface area (Å²) in [5.74, 6) is 0.766. The number of halogens is 1. The fourth-order valence-electron chi connectivity index (χ4n) is 6.00. The Kier molecular flexibility index (Phi) is 9.44. The predicted octanol–water partition coefficient (Wildman–Crippen LogP) is 3.68. The molecule has 3 aliphatic rings. The first-order valence-electron chi connectivity index (χ1n) is 14.2. The number of amides is 2. The van der Waals surface area contributed by atoms with Crippen molar-refractivity contribution in [2.75, 3.05) is 51.3 Å². The van der Waals surface area contributed by atoms with E-state index >= 15 is 0 Å². The maximum atomic E-state index is 13.3. The van der Waals surface area contributed by atoms with E-state index in [1.54, 1.807) is 12.0 Å². The molecule has 0 spiro atoms. The number of rotatable bonds is 9. The third-order valence-electron chi connectivity index (χ3n) is 8.37. The number of benzene rings is 2. The van der Waals surface area contributed by atoms with Crippen molar-refractivity contribution in [3.05, 3.63) is 59.1 Å². The van der Waals surface area contributed by atoms with Crippen LogP contribution in [0.15, 0.2) is 48.5 Å². The fraction of sp³-hybridized carbons (Fsp3) is 0.500. The second-order valence-electron chi connectivity index (χ2n) is 10.9. The average molecular weight is 584 g/mol. The highest BCUT2D eigenvalue weighted by Crippen LogP contribution is 2.34. The number of thiocarbonyl (C=S) groups is 1. The highest BCUT2D eigenvalue weighted by molar-refractivity contribution is 7.80. The van der Waals surface area contributed by atoms with Crippen LogP contribution in [-0.2, 0) is 16.1 Å². The van der Waals surface area contributed by atoms with Crippen molar-refractivity contribution in [3.63, 3.8) is 0 Å². The first kappa shape index (κ1) is 28.6. The number of fused-ring (bicyclic) bond motifs is 1. The van der Waals surface area contributed by atoms with Crippen LogP contribution in [0.25, 0.3) is 0 Å². The lowest BCUT2D eigenvalue weighted by atomic mass is 9.76. The molecular weight excluding hydrogens is 546 g/mol. The van der Waals surface area contributed by atoms with Gasteiger partial charge in [0.15, 0.2) is 5.11 Å². The topological polar surface area (TPSA) is 77.2 Å². The monoisotopic (exact) mass is 583 g/mol. The van der Waals surface area contributed by atoms with Crippen LogP contribution in [-0.4, -0.2) is 79.1 Å². The van der Waals surface area contributed by atoms with Gasteiger partial charge in [0.25, 0.3) is 0 Å². The summed E-state index contributed by atoms with van der Waals surface area (Å²) < 4.78 is 5.26. The third kappa shape index (κ3) is 6.87. The molecule has 0 aromatic heterocycles. The summed E-state index contributed by atoms with van der Waals surface area (Å²) in [7, 11) is 1.69. The van der Waals surface area contributed by atoms with Gasteiger partial charge in [0.05, 0.1) is 19.6 Å². The van der Waals surface area contributed by atoms with E-state index in [1.807, 2.05) is 36.4 Å². The molecule has 2 N–H and O–H groups in total. The van der Waals surface area contributed by atoms with Gasteiger partial charge in [-0.05, 0) is 86.4 Å². The number of nitrogens with zero attached hydrogens (tertiary/aromatic N) is 3. The van der Waals surface area contributed by atoms with Crippen LogP contribution >= 0.6 is 23.8 Å². The van der Waals surface area contributed by atoms with E-state index in [0.717, 1.165) is 56.9 Å². The largest absolute Gasteiger partial charge is 0.497 e. The van der Waals surface area contributed by atoms with Crippen molar-refractivity contribution in [2.24, 2.45) is 11.8 Å². The van der Waals surface area contributed by atoms with Gasteiger partial charge in [0, 0.05) is 55.4 Å². The van der Waals surface area contributed by atoms with E-state index in [0.29, 0.717) is 36.1 Å². The number of carbonyl (C=O) groups is 2. The maximum Gasteiger partial charge on any atom is 0.234 e. The molecule has 2 aliphatic heterocycles. The summed E-state index contributed by atoms with van der Waals surface area (Å²) >= 11 is 11.5. The number of nitrogens with one attached hydrogen (secondary N) is 2. The SMILES string of the molecule is COc1ccc(N2CCN(CCCNC(=O)C3CCC4C(=O)N(Cc5ccc(Cl)cc5)C(=S)NC4C3)CC2)cc1. The van der Waals surface area contributed by atoms with Gasteiger partial charge < -0.3 is 20.3 Å². The van der Waals surface area contributed by atoms with Gasteiger partial charge in [0.1, 0.15) is 5.75 Å². The third-order valence-corrected chi connectivity index (χ3v) is 8.96. The van der Waals surface area contributed by atoms with Crippen LogP contribution in [0.4, 0.5) is 5.69 Å². The first-order chi connectivity index (χ1) is 19.4. The van der Waals surface area contributed by atoms with Gasteiger partial charge in [-0.2, -0.15) is 0 Å². The summed E-state index contributed by atoms with van der Waals surface area (Å²) in [6, 6.07) is 15.6. The zero-order chi connectivity index (χ0) is 28.1. The Morgan fingerprint density at radius 2 is 1.80 bits per heavy atom. The van der Waals surface area contributed by atoms with Crippen LogP contribution in [0.5, 0.6) is 5.75 Å².